The van der Waals surface area contributed by atoms with Gasteiger partial charge in [-0.1, -0.05) is 24.3 Å². The van der Waals surface area contributed by atoms with Gasteiger partial charge in [0.2, 0.25) is 11.6 Å². The Balaban J connectivity index is 1.52. The van der Waals surface area contributed by atoms with E-state index in [4.69, 9.17) is 13.9 Å². The molecule has 3 aromatic rings. The van der Waals surface area contributed by atoms with Crippen LogP contribution in [0.25, 0.3) is 11.0 Å². The fourth-order valence-electron chi connectivity index (χ4n) is 4.92. The molecule has 1 aromatic heterocycles. The Morgan fingerprint density at radius 2 is 1.86 bits per heavy atom. The number of Topliss-reactive ketones (excluding diaryl/α,β-unsaturated/α-hetero) is 2. The molecule has 2 aromatic carbocycles. The van der Waals surface area contributed by atoms with Crippen molar-refractivity contribution in [1.29, 1.82) is 0 Å². The Hall–Kier alpha value is -3.69. The van der Waals surface area contributed by atoms with E-state index in [0.717, 1.165) is 18.5 Å². The SMILES string of the molecule is CCOc1cc(C2C(C(=O)c3cc4ccccc4o3)C(=O)C(=O)N2CCN2CCOCC2)ccc1O. The number of phenolic OH excluding ortho intramolecular Hbond substituents is 1. The summed E-state index contributed by atoms with van der Waals surface area (Å²) < 4.78 is 16.7. The zero-order chi connectivity index (χ0) is 25.2. The van der Waals surface area contributed by atoms with E-state index >= 15 is 0 Å². The molecule has 5 rings (SSSR count). The molecule has 9 nitrogen and oxygen atoms in total. The number of benzene rings is 2. The van der Waals surface area contributed by atoms with Gasteiger partial charge in [-0.05, 0) is 36.8 Å². The summed E-state index contributed by atoms with van der Waals surface area (Å²) in [5.74, 6) is -3.09. The fourth-order valence-corrected chi connectivity index (χ4v) is 4.92. The Morgan fingerprint density at radius 1 is 1.08 bits per heavy atom. The first-order valence-corrected chi connectivity index (χ1v) is 12.1. The Morgan fingerprint density at radius 3 is 2.61 bits per heavy atom. The van der Waals surface area contributed by atoms with Crippen molar-refractivity contribution in [2.24, 2.45) is 5.92 Å². The number of hydrogen-bond donors (Lipinski definition) is 1. The maximum absolute atomic E-state index is 13.7. The number of nitrogens with zero attached hydrogens (tertiary/aromatic N) is 2. The van der Waals surface area contributed by atoms with Gasteiger partial charge < -0.3 is 23.9 Å². The normalized spacial score (nSPS) is 20.9. The van der Waals surface area contributed by atoms with Crippen molar-refractivity contribution >= 4 is 28.4 Å². The summed E-state index contributed by atoms with van der Waals surface area (Å²) in [6, 6.07) is 12.6. The number of carbonyl (C=O) groups excluding carboxylic acids is 3. The highest BCUT2D eigenvalue weighted by atomic mass is 16.5. The molecule has 9 heteroatoms. The van der Waals surface area contributed by atoms with E-state index in [0.29, 0.717) is 37.5 Å². The van der Waals surface area contributed by atoms with Crippen LogP contribution >= 0.6 is 0 Å². The van der Waals surface area contributed by atoms with Crippen LogP contribution in [0.15, 0.2) is 52.9 Å². The molecule has 0 bridgehead atoms. The smallest absolute Gasteiger partial charge is 0.291 e. The van der Waals surface area contributed by atoms with Gasteiger partial charge >= 0.3 is 0 Å². The molecule has 2 aliphatic rings. The summed E-state index contributed by atoms with van der Waals surface area (Å²) in [5, 5.41) is 11.0. The second-order valence-corrected chi connectivity index (χ2v) is 8.91. The van der Waals surface area contributed by atoms with E-state index in [1.165, 1.54) is 11.0 Å². The van der Waals surface area contributed by atoms with E-state index in [1.807, 2.05) is 12.1 Å². The second kappa shape index (κ2) is 10.1. The highest BCUT2D eigenvalue weighted by Gasteiger charge is 2.52. The second-order valence-electron chi connectivity index (χ2n) is 8.91. The number of likely N-dealkylation sites (tertiary alicyclic amines) is 1. The van der Waals surface area contributed by atoms with Crippen LogP contribution in [0.4, 0.5) is 0 Å². The maximum Gasteiger partial charge on any atom is 0.291 e. The summed E-state index contributed by atoms with van der Waals surface area (Å²) >= 11 is 0. The molecule has 0 aliphatic carbocycles. The van der Waals surface area contributed by atoms with Crippen molar-refractivity contribution in [2.45, 2.75) is 13.0 Å². The number of ketones is 2. The number of morpholine rings is 1. The molecule has 1 N–H and O–H groups in total. The van der Waals surface area contributed by atoms with Gasteiger partial charge in [-0.15, -0.1) is 0 Å². The molecule has 1 amide bonds. The fraction of sp³-hybridized carbons (Fsp3) is 0.370. The zero-order valence-electron chi connectivity index (χ0n) is 20.0. The van der Waals surface area contributed by atoms with E-state index < -0.39 is 29.4 Å². The van der Waals surface area contributed by atoms with Crippen molar-refractivity contribution in [2.75, 3.05) is 46.0 Å². The lowest BCUT2D eigenvalue weighted by molar-refractivity contribution is -0.141. The molecule has 36 heavy (non-hydrogen) atoms. The molecule has 0 spiro atoms. The first-order valence-electron chi connectivity index (χ1n) is 12.1. The summed E-state index contributed by atoms with van der Waals surface area (Å²) in [5.41, 5.74) is 1.06. The third kappa shape index (κ3) is 4.47. The van der Waals surface area contributed by atoms with Crippen LogP contribution in [-0.4, -0.2) is 78.4 Å². The van der Waals surface area contributed by atoms with Gasteiger partial charge in [0, 0.05) is 31.6 Å². The van der Waals surface area contributed by atoms with E-state index in [2.05, 4.69) is 4.90 Å². The summed E-state index contributed by atoms with van der Waals surface area (Å²) in [6.07, 6.45) is 0. The molecule has 2 fully saturated rings. The van der Waals surface area contributed by atoms with Crippen molar-refractivity contribution in [3.63, 3.8) is 0 Å². The average molecular weight is 493 g/mol. The zero-order valence-corrected chi connectivity index (χ0v) is 20.0. The average Bonchev–Trinajstić information content (AvgIpc) is 3.44. The van der Waals surface area contributed by atoms with Crippen LogP contribution in [0.3, 0.4) is 0 Å². The van der Waals surface area contributed by atoms with Gasteiger partial charge in [0.1, 0.15) is 11.5 Å². The highest BCUT2D eigenvalue weighted by Crippen LogP contribution is 2.41. The number of hydrogen-bond acceptors (Lipinski definition) is 8. The third-order valence-corrected chi connectivity index (χ3v) is 6.74. The van der Waals surface area contributed by atoms with Crippen molar-refractivity contribution in [3.8, 4) is 11.5 Å². The van der Waals surface area contributed by atoms with Crippen LogP contribution in [0, 0.1) is 5.92 Å². The molecular formula is C27H28N2O7. The Bertz CT molecular complexity index is 1260. The molecule has 3 heterocycles. The lowest BCUT2D eigenvalue weighted by atomic mass is 9.88. The number of rotatable bonds is 8. The molecule has 0 saturated carbocycles. The van der Waals surface area contributed by atoms with Crippen molar-refractivity contribution < 1.29 is 33.4 Å². The minimum absolute atomic E-state index is 0.0335. The summed E-state index contributed by atoms with van der Waals surface area (Å²) in [7, 11) is 0. The minimum Gasteiger partial charge on any atom is -0.504 e. The van der Waals surface area contributed by atoms with Crippen LogP contribution in [0.5, 0.6) is 11.5 Å². The third-order valence-electron chi connectivity index (χ3n) is 6.74. The van der Waals surface area contributed by atoms with Crippen LogP contribution in [0.1, 0.15) is 29.1 Å². The Labute approximate surface area is 208 Å². The lowest BCUT2D eigenvalue weighted by Crippen LogP contribution is -2.42. The van der Waals surface area contributed by atoms with Gasteiger partial charge in [-0.3, -0.25) is 19.3 Å². The molecule has 188 valence electrons. The molecular weight excluding hydrogens is 464 g/mol. The predicted molar refractivity (Wildman–Crippen MR) is 130 cm³/mol. The van der Waals surface area contributed by atoms with Crippen molar-refractivity contribution in [1.82, 2.24) is 9.80 Å². The minimum atomic E-state index is -1.28. The van der Waals surface area contributed by atoms with E-state index in [-0.39, 0.29) is 23.8 Å². The monoisotopic (exact) mass is 492 g/mol. The van der Waals surface area contributed by atoms with Crippen LogP contribution in [-0.2, 0) is 14.3 Å². The van der Waals surface area contributed by atoms with Gasteiger partial charge in [0.15, 0.2) is 17.3 Å². The topological polar surface area (TPSA) is 110 Å². The number of carbonyl (C=O) groups is 3. The number of aromatic hydroxyl groups is 1. The standard InChI is InChI=1S/C27H28N2O7/c1-2-35-21-16-18(7-8-19(21)30)24-23(25(31)22-15-17-5-3-4-6-20(17)36-22)26(32)27(33)29(24)10-9-28-11-13-34-14-12-28/h3-8,15-16,23-24,30H,2,9-14H2,1H3. The number of amides is 1. The number of para-hydroxylation sites is 1. The van der Waals surface area contributed by atoms with Crippen molar-refractivity contribution in [3.05, 3.63) is 59.9 Å². The highest BCUT2D eigenvalue weighted by molar-refractivity contribution is 6.43. The predicted octanol–water partition coefficient (Wildman–Crippen LogP) is 2.82. The number of phenols is 1. The van der Waals surface area contributed by atoms with Gasteiger partial charge in [0.05, 0.1) is 25.9 Å². The summed E-state index contributed by atoms with van der Waals surface area (Å²) in [4.78, 5) is 43.8. The van der Waals surface area contributed by atoms with Crippen LogP contribution in [0.2, 0.25) is 0 Å². The number of ether oxygens (including phenoxy) is 2. The molecule has 2 aliphatic heterocycles. The van der Waals surface area contributed by atoms with E-state index in [1.54, 1.807) is 37.3 Å². The first-order chi connectivity index (χ1) is 17.5. The van der Waals surface area contributed by atoms with Crippen LogP contribution < -0.4 is 4.74 Å². The first kappa shape index (κ1) is 24.0. The molecule has 2 saturated heterocycles. The summed E-state index contributed by atoms with van der Waals surface area (Å²) in [6.45, 7) is 5.60. The quantitative estimate of drug-likeness (QED) is 0.291. The van der Waals surface area contributed by atoms with E-state index in [9.17, 15) is 19.5 Å². The van der Waals surface area contributed by atoms with Gasteiger partial charge in [0.25, 0.3) is 5.91 Å². The Kier molecular flexibility index (Phi) is 6.75. The molecule has 0 radical (unpaired) electrons. The number of fused-ring (bicyclic) bond motifs is 1. The van der Waals surface area contributed by atoms with Gasteiger partial charge in [-0.25, -0.2) is 0 Å². The van der Waals surface area contributed by atoms with Gasteiger partial charge in [-0.2, -0.15) is 0 Å². The number of furan rings is 1. The molecule has 2 atom stereocenters. The largest absolute Gasteiger partial charge is 0.504 e. The molecule has 2 unspecified atom stereocenters. The maximum atomic E-state index is 13.7. The lowest BCUT2D eigenvalue weighted by Gasteiger charge is -2.31.